The second-order valence-corrected chi connectivity index (χ2v) is 7.94. The van der Waals surface area contributed by atoms with Gasteiger partial charge in [0.25, 0.3) is 0 Å². The Balaban J connectivity index is 1.87. The first-order valence-corrected chi connectivity index (χ1v) is 9.46. The molecular weight excluding hydrogens is 328 g/mol. The third kappa shape index (κ3) is 3.48. The molecule has 1 amide bonds. The van der Waals surface area contributed by atoms with E-state index < -0.39 is 5.54 Å². The molecule has 2 atom stereocenters. The summed E-state index contributed by atoms with van der Waals surface area (Å²) < 4.78 is 10.8. The van der Waals surface area contributed by atoms with Crippen molar-refractivity contribution >= 4 is 17.7 Å². The molecule has 0 aliphatic heterocycles. The van der Waals surface area contributed by atoms with Crippen LogP contribution in [-0.4, -0.2) is 46.8 Å². The van der Waals surface area contributed by atoms with E-state index in [1.165, 1.54) is 11.8 Å². The van der Waals surface area contributed by atoms with Gasteiger partial charge in [0.15, 0.2) is 0 Å². The van der Waals surface area contributed by atoms with Crippen molar-refractivity contribution in [2.45, 2.75) is 58.4 Å². The van der Waals surface area contributed by atoms with Gasteiger partial charge >= 0.3 is 0 Å². The summed E-state index contributed by atoms with van der Waals surface area (Å²) in [4.78, 5) is 12.3. The Bertz CT molecular complexity index is 568. The van der Waals surface area contributed by atoms with Gasteiger partial charge in [-0.15, -0.1) is 11.8 Å². The second-order valence-electron chi connectivity index (χ2n) is 6.95. The van der Waals surface area contributed by atoms with E-state index in [2.05, 4.69) is 10.5 Å². The predicted octanol–water partition coefficient (Wildman–Crippen LogP) is 2.21. The highest BCUT2D eigenvalue weighted by Gasteiger charge is 2.61. The van der Waals surface area contributed by atoms with Crippen LogP contribution in [0.25, 0.3) is 0 Å². The molecule has 2 N–H and O–H groups in total. The van der Waals surface area contributed by atoms with Gasteiger partial charge in [-0.2, -0.15) is 0 Å². The van der Waals surface area contributed by atoms with Crippen molar-refractivity contribution in [3.63, 3.8) is 0 Å². The van der Waals surface area contributed by atoms with Crippen molar-refractivity contribution in [3.05, 3.63) is 17.0 Å². The molecule has 136 valence electrons. The van der Waals surface area contributed by atoms with Crippen LogP contribution in [0.3, 0.4) is 0 Å². The van der Waals surface area contributed by atoms with E-state index in [1.54, 1.807) is 0 Å². The van der Waals surface area contributed by atoms with Crippen molar-refractivity contribution in [1.82, 2.24) is 10.5 Å². The number of nitrogens with one attached hydrogen (secondary N) is 1. The van der Waals surface area contributed by atoms with Crippen LogP contribution in [0.2, 0.25) is 0 Å². The standard InChI is InChI=1S/C17H28N2O4S/c1-6-22-14-7-17(10-20,16(14,4)5)18-15(21)9-24-8-13-11(2)19-23-12(13)3/h14,20H,6-10H2,1-5H3,(H,18,21). The fraction of sp³-hybridized carbons (Fsp3) is 0.765. The molecule has 1 aromatic rings. The normalized spacial score (nSPS) is 25.3. The Hall–Kier alpha value is -1.05. The van der Waals surface area contributed by atoms with E-state index in [-0.39, 0.29) is 24.0 Å². The number of carbonyl (C=O) groups is 1. The quantitative estimate of drug-likeness (QED) is 0.743. The molecule has 1 aromatic heterocycles. The third-order valence-corrected chi connectivity index (χ3v) is 6.21. The van der Waals surface area contributed by atoms with Gasteiger partial charge in [-0.3, -0.25) is 4.79 Å². The fourth-order valence-corrected chi connectivity index (χ4v) is 4.23. The van der Waals surface area contributed by atoms with Crippen LogP contribution in [-0.2, 0) is 15.3 Å². The number of thioether (sulfide) groups is 1. The predicted molar refractivity (Wildman–Crippen MR) is 93.9 cm³/mol. The van der Waals surface area contributed by atoms with Crippen LogP contribution in [0.4, 0.5) is 0 Å². The van der Waals surface area contributed by atoms with Crippen molar-refractivity contribution in [1.29, 1.82) is 0 Å². The largest absolute Gasteiger partial charge is 0.394 e. The minimum absolute atomic E-state index is 0.0601. The van der Waals surface area contributed by atoms with Crippen LogP contribution in [0.15, 0.2) is 4.52 Å². The number of carbonyl (C=O) groups excluding carboxylic acids is 1. The van der Waals surface area contributed by atoms with Gasteiger partial charge in [-0.1, -0.05) is 19.0 Å². The molecule has 1 aliphatic carbocycles. The Morgan fingerprint density at radius 1 is 1.50 bits per heavy atom. The summed E-state index contributed by atoms with van der Waals surface area (Å²) in [5, 5.41) is 16.8. The summed E-state index contributed by atoms with van der Waals surface area (Å²) in [6.45, 7) is 10.4. The van der Waals surface area contributed by atoms with E-state index in [1.807, 2.05) is 34.6 Å². The van der Waals surface area contributed by atoms with E-state index in [4.69, 9.17) is 9.26 Å². The molecular formula is C17H28N2O4S. The number of rotatable bonds is 8. The molecule has 1 heterocycles. The molecule has 2 unspecified atom stereocenters. The molecule has 0 spiro atoms. The number of hydrogen-bond acceptors (Lipinski definition) is 6. The topological polar surface area (TPSA) is 84.6 Å². The molecule has 1 aliphatic rings. The molecule has 24 heavy (non-hydrogen) atoms. The molecule has 0 saturated heterocycles. The number of aromatic nitrogens is 1. The lowest BCUT2D eigenvalue weighted by Crippen LogP contribution is -2.74. The van der Waals surface area contributed by atoms with E-state index in [0.717, 1.165) is 17.0 Å². The summed E-state index contributed by atoms with van der Waals surface area (Å²) in [6, 6.07) is 0. The van der Waals surface area contributed by atoms with E-state index in [9.17, 15) is 9.90 Å². The minimum atomic E-state index is -0.604. The maximum absolute atomic E-state index is 12.3. The number of aliphatic hydroxyl groups excluding tert-OH is 1. The van der Waals surface area contributed by atoms with Gasteiger partial charge in [0.1, 0.15) is 5.76 Å². The molecule has 1 fully saturated rings. The first kappa shape index (κ1) is 19.3. The van der Waals surface area contributed by atoms with Crippen molar-refractivity contribution in [3.8, 4) is 0 Å². The van der Waals surface area contributed by atoms with E-state index >= 15 is 0 Å². The van der Waals surface area contributed by atoms with Gasteiger partial charge < -0.3 is 19.7 Å². The van der Waals surface area contributed by atoms with Gasteiger partial charge in [0, 0.05) is 29.8 Å². The Labute approximate surface area is 147 Å². The zero-order chi connectivity index (χ0) is 18.0. The summed E-state index contributed by atoms with van der Waals surface area (Å²) in [5.41, 5.74) is 1.02. The number of hydrogen-bond donors (Lipinski definition) is 2. The van der Waals surface area contributed by atoms with Gasteiger partial charge in [0.05, 0.1) is 29.7 Å². The maximum atomic E-state index is 12.3. The highest BCUT2D eigenvalue weighted by Crippen LogP contribution is 2.51. The first-order valence-electron chi connectivity index (χ1n) is 8.30. The van der Waals surface area contributed by atoms with Crippen LogP contribution >= 0.6 is 11.8 Å². The number of ether oxygens (including phenoxy) is 1. The maximum Gasteiger partial charge on any atom is 0.230 e. The zero-order valence-corrected chi connectivity index (χ0v) is 16.0. The number of nitrogens with zero attached hydrogens (tertiary/aromatic N) is 1. The molecule has 7 heteroatoms. The molecule has 2 rings (SSSR count). The van der Waals surface area contributed by atoms with Gasteiger partial charge in [-0.05, 0) is 20.8 Å². The number of amides is 1. The SMILES string of the molecule is CCOC1CC(CO)(NC(=O)CSCc2c(C)noc2C)C1(C)C. The molecule has 0 radical (unpaired) electrons. The van der Waals surface area contributed by atoms with Gasteiger partial charge in [-0.25, -0.2) is 0 Å². The minimum Gasteiger partial charge on any atom is -0.394 e. The average molecular weight is 356 g/mol. The summed E-state index contributed by atoms with van der Waals surface area (Å²) in [6.07, 6.45) is 0.704. The fourth-order valence-electron chi connectivity index (χ4n) is 3.26. The smallest absolute Gasteiger partial charge is 0.230 e. The lowest BCUT2D eigenvalue weighted by molar-refractivity contribution is -0.180. The van der Waals surface area contributed by atoms with Crippen LogP contribution in [0, 0.1) is 19.3 Å². The summed E-state index contributed by atoms with van der Waals surface area (Å²) >= 11 is 1.52. The van der Waals surface area contributed by atoms with Crippen LogP contribution in [0.1, 0.15) is 44.2 Å². The molecule has 6 nitrogen and oxygen atoms in total. The summed E-state index contributed by atoms with van der Waals surface area (Å²) in [7, 11) is 0. The van der Waals surface area contributed by atoms with Crippen molar-refractivity contribution < 1.29 is 19.2 Å². The Morgan fingerprint density at radius 2 is 2.21 bits per heavy atom. The zero-order valence-electron chi connectivity index (χ0n) is 15.1. The number of aliphatic hydroxyl groups is 1. The lowest BCUT2D eigenvalue weighted by Gasteiger charge is -2.60. The third-order valence-electron chi connectivity index (χ3n) is 5.25. The first-order chi connectivity index (χ1) is 11.3. The Morgan fingerprint density at radius 3 is 2.71 bits per heavy atom. The van der Waals surface area contributed by atoms with E-state index in [0.29, 0.717) is 24.5 Å². The van der Waals surface area contributed by atoms with Crippen molar-refractivity contribution in [2.75, 3.05) is 19.0 Å². The number of aryl methyl sites for hydroxylation is 2. The summed E-state index contributed by atoms with van der Waals surface area (Å²) in [5.74, 6) is 1.75. The highest BCUT2D eigenvalue weighted by atomic mass is 32.2. The van der Waals surface area contributed by atoms with Crippen LogP contribution < -0.4 is 5.32 Å². The Kier molecular flexibility index (Phi) is 5.99. The molecule has 1 saturated carbocycles. The molecule has 0 bridgehead atoms. The average Bonchev–Trinajstić information content (AvgIpc) is 2.85. The highest BCUT2D eigenvalue weighted by molar-refractivity contribution is 7.99. The second kappa shape index (κ2) is 7.45. The lowest BCUT2D eigenvalue weighted by atomic mass is 9.54. The van der Waals surface area contributed by atoms with Crippen LogP contribution in [0.5, 0.6) is 0 Å². The van der Waals surface area contributed by atoms with Gasteiger partial charge in [0.2, 0.25) is 5.91 Å². The monoisotopic (exact) mass is 356 g/mol. The molecule has 0 aromatic carbocycles. The van der Waals surface area contributed by atoms with Crippen molar-refractivity contribution in [2.24, 2.45) is 5.41 Å².